The van der Waals surface area contributed by atoms with Crippen LogP contribution in [0.4, 0.5) is 0 Å². The molecule has 1 atom stereocenters. The van der Waals surface area contributed by atoms with Gasteiger partial charge >= 0.3 is 5.97 Å². The number of carbonyl (C=O) groups excluding carboxylic acids is 3. The van der Waals surface area contributed by atoms with Crippen molar-refractivity contribution in [2.75, 3.05) is 12.9 Å². The summed E-state index contributed by atoms with van der Waals surface area (Å²) in [6.07, 6.45) is 3.23. The summed E-state index contributed by atoms with van der Waals surface area (Å²) in [5, 5.41) is 14.5. The maximum Gasteiger partial charge on any atom is 0.330 e. The van der Waals surface area contributed by atoms with Gasteiger partial charge in [0, 0.05) is 28.8 Å². The highest BCUT2D eigenvalue weighted by molar-refractivity contribution is 7.99. The van der Waals surface area contributed by atoms with E-state index in [0.29, 0.717) is 23.1 Å². The minimum atomic E-state index is -1.37. The van der Waals surface area contributed by atoms with E-state index < -0.39 is 29.6 Å². The molecule has 0 spiro atoms. The molecular weight excluding hydrogens is 566 g/mol. The highest BCUT2D eigenvalue weighted by Crippen LogP contribution is 2.27. The Labute approximate surface area is 256 Å². The van der Waals surface area contributed by atoms with Gasteiger partial charge in [-0.1, -0.05) is 63.2 Å². The molecule has 0 bridgehead atoms. The molecule has 3 aromatic rings. The molecule has 0 aliphatic carbocycles. The average molecular weight is 604 g/mol. The molecule has 0 saturated carbocycles. The van der Waals surface area contributed by atoms with Crippen molar-refractivity contribution in [3.8, 4) is 16.9 Å². The van der Waals surface area contributed by atoms with Gasteiger partial charge in [0.1, 0.15) is 11.8 Å². The first-order valence-electron chi connectivity index (χ1n) is 13.9. The first-order chi connectivity index (χ1) is 20.6. The van der Waals surface area contributed by atoms with Crippen LogP contribution in [0.2, 0.25) is 0 Å². The number of Topliss-reactive ketones (excluding diaryl/α,β-unsaturated/α-hetero) is 1. The molecule has 3 N–H and O–H groups in total. The Balaban J connectivity index is 1.69. The van der Waals surface area contributed by atoms with E-state index in [0.717, 1.165) is 28.8 Å². The Morgan fingerprint density at radius 2 is 1.74 bits per heavy atom. The van der Waals surface area contributed by atoms with Crippen molar-refractivity contribution in [3.05, 3.63) is 95.5 Å². The zero-order chi connectivity index (χ0) is 31.4. The van der Waals surface area contributed by atoms with Crippen molar-refractivity contribution in [3.63, 3.8) is 0 Å². The maximum absolute atomic E-state index is 13.2. The molecule has 0 fully saturated rings. The summed E-state index contributed by atoms with van der Waals surface area (Å²) in [6.45, 7) is 5.53. The van der Waals surface area contributed by atoms with E-state index >= 15 is 0 Å². The molecule has 43 heavy (non-hydrogen) atoms. The van der Waals surface area contributed by atoms with Crippen LogP contribution in [0.3, 0.4) is 0 Å². The summed E-state index contributed by atoms with van der Waals surface area (Å²) in [5.74, 6) is -2.32. The fraction of sp³-hybridized carbons (Fsp3) is 0.303. The number of nitrogens with one attached hydrogen (secondary N) is 2. The predicted molar refractivity (Wildman–Crippen MR) is 168 cm³/mol. The van der Waals surface area contributed by atoms with Crippen molar-refractivity contribution >= 4 is 35.3 Å². The lowest BCUT2D eigenvalue weighted by molar-refractivity contribution is -0.132. The quantitative estimate of drug-likeness (QED) is 0.215. The molecule has 226 valence electrons. The Hall–Kier alpha value is -4.44. The zero-order valence-corrected chi connectivity index (χ0v) is 25.6. The number of aliphatic carboxylic acids is 1. The number of methoxy groups -OCH3 is 1. The van der Waals surface area contributed by atoms with Crippen LogP contribution >= 0.6 is 11.8 Å². The number of carbonyl (C=O) groups is 4. The summed E-state index contributed by atoms with van der Waals surface area (Å²) < 4.78 is 5.47. The summed E-state index contributed by atoms with van der Waals surface area (Å²) >= 11 is 1.31. The third-order valence-electron chi connectivity index (χ3n) is 6.59. The van der Waals surface area contributed by atoms with Gasteiger partial charge in [-0.15, -0.1) is 11.8 Å². The SMILES string of the molecule is CCc1ccc(-c2ccc(OC)c(CC(=O)N[C@H](C(=O)NC(=CC(=O)O)C(=O)CSCc3ccccc3)C(C)C)c2)cn1. The van der Waals surface area contributed by atoms with E-state index in [4.69, 9.17) is 4.74 Å². The number of amides is 2. The standard InChI is InChI=1S/C33H37N3O6S/c1-5-26-13-11-24(18-34-26)23-12-14-29(42-4)25(15-23)16-30(38)36-32(21(2)3)33(41)35-27(17-31(39)40)28(37)20-43-19-22-9-7-6-8-10-22/h6-15,17-18,21,32H,5,16,19-20H2,1-4H3,(H,35,41)(H,36,38)(H,39,40)/t32-/m0/s1. The number of pyridine rings is 1. The van der Waals surface area contributed by atoms with Gasteiger partial charge in [0.25, 0.3) is 0 Å². The van der Waals surface area contributed by atoms with Gasteiger partial charge in [0.05, 0.1) is 31.1 Å². The molecule has 0 saturated heterocycles. The molecule has 1 heterocycles. The fourth-order valence-corrected chi connectivity index (χ4v) is 5.14. The second-order valence-electron chi connectivity index (χ2n) is 10.2. The maximum atomic E-state index is 13.2. The van der Waals surface area contributed by atoms with E-state index in [1.54, 1.807) is 26.1 Å². The number of thioether (sulfide) groups is 1. The number of carboxylic acid groups (broad SMARTS) is 1. The van der Waals surface area contributed by atoms with Crippen LogP contribution in [0.1, 0.15) is 37.6 Å². The summed E-state index contributed by atoms with van der Waals surface area (Å²) in [4.78, 5) is 55.1. The summed E-state index contributed by atoms with van der Waals surface area (Å²) in [7, 11) is 1.52. The Bertz CT molecular complexity index is 1460. The van der Waals surface area contributed by atoms with Crippen LogP contribution in [-0.4, -0.2) is 52.6 Å². The molecule has 1 aromatic heterocycles. The number of ether oxygens (including phenoxy) is 1. The molecular formula is C33H37N3O6S. The molecule has 0 unspecified atom stereocenters. The van der Waals surface area contributed by atoms with E-state index in [1.165, 1.54) is 18.9 Å². The number of benzene rings is 2. The molecule has 2 aromatic carbocycles. The first-order valence-corrected chi connectivity index (χ1v) is 15.1. The van der Waals surface area contributed by atoms with Gasteiger partial charge in [-0.2, -0.15) is 0 Å². The van der Waals surface area contributed by atoms with Gasteiger partial charge in [-0.3, -0.25) is 19.4 Å². The molecule has 2 amide bonds. The van der Waals surface area contributed by atoms with E-state index in [-0.39, 0.29) is 23.8 Å². The normalized spacial score (nSPS) is 12.0. The number of carboxylic acids is 1. The van der Waals surface area contributed by atoms with Gasteiger partial charge < -0.3 is 20.5 Å². The number of allylic oxidation sites excluding steroid dienone is 1. The van der Waals surface area contributed by atoms with Gasteiger partial charge in [0.2, 0.25) is 11.8 Å². The molecule has 0 radical (unpaired) electrons. The third kappa shape index (κ3) is 10.1. The van der Waals surface area contributed by atoms with Crippen molar-refractivity contribution < 1.29 is 29.0 Å². The van der Waals surface area contributed by atoms with Crippen LogP contribution in [0.15, 0.2) is 78.6 Å². The fourth-order valence-electron chi connectivity index (χ4n) is 4.27. The summed E-state index contributed by atoms with van der Waals surface area (Å²) in [6, 6.07) is 18.0. The second-order valence-corrected chi connectivity index (χ2v) is 11.2. The minimum absolute atomic E-state index is 0.0280. The van der Waals surface area contributed by atoms with Crippen molar-refractivity contribution in [2.24, 2.45) is 5.92 Å². The monoisotopic (exact) mass is 603 g/mol. The Kier molecular flexibility index (Phi) is 12.5. The molecule has 9 nitrogen and oxygen atoms in total. The number of hydrogen-bond acceptors (Lipinski definition) is 7. The average Bonchev–Trinajstić information content (AvgIpc) is 2.99. The van der Waals surface area contributed by atoms with Gasteiger partial charge in [-0.25, -0.2) is 4.79 Å². The zero-order valence-electron chi connectivity index (χ0n) is 24.8. The topological polar surface area (TPSA) is 135 Å². The van der Waals surface area contributed by atoms with E-state index in [9.17, 15) is 24.3 Å². The van der Waals surface area contributed by atoms with E-state index in [2.05, 4.69) is 15.6 Å². The smallest absolute Gasteiger partial charge is 0.330 e. The first kappa shape index (κ1) is 33.1. The lowest BCUT2D eigenvalue weighted by Crippen LogP contribution is -2.50. The van der Waals surface area contributed by atoms with Crippen LogP contribution in [0.5, 0.6) is 5.75 Å². The van der Waals surface area contributed by atoms with Crippen LogP contribution in [0, 0.1) is 5.92 Å². The lowest BCUT2D eigenvalue weighted by atomic mass is 10.00. The second kappa shape index (κ2) is 16.3. The van der Waals surface area contributed by atoms with Gasteiger partial charge in [-0.05, 0) is 41.7 Å². The van der Waals surface area contributed by atoms with Crippen molar-refractivity contribution in [1.82, 2.24) is 15.6 Å². The van der Waals surface area contributed by atoms with Gasteiger partial charge in [0.15, 0.2) is 5.78 Å². The number of rotatable bonds is 15. The van der Waals surface area contributed by atoms with Crippen LogP contribution in [-0.2, 0) is 37.8 Å². The van der Waals surface area contributed by atoms with E-state index in [1.807, 2.05) is 61.5 Å². The van der Waals surface area contributed by atoms with Crippen molar-refractivity contribution in [2.45, 2.75) is 45.4 Å². The third-order valence-corrected chi connectivity index (χ3v) is 7.59. The largest absolute Gasteiger partial charge is 0.496 e. The number of aromatic nitrogens is 1. The number of ketones is 1. The molecule has 0 aliphatic heterocycles. The highest BCUT2D eigenvalue weighted by atomic mass is 32.2. The number of nitrogens with zero attached hydrogens (tertiary/aromatic N) is 1. The Morgan fingerprint density at radius 3 is 2.35 bits per heavy atom. The predicted octanol–water partition coefficient (Wildman–Crippen LogP) is 4.59. The summed E-state index contributed by atoms with van der Waals surface area (Å²) in [5.41, 5.74) is 4.04. The van der Waals surface area contributed by atoms with Crippen molar-refractivity contribution in [1.29, 1.82) is 0 Å². The molecule has 10 heteroatoms. The van der Waals surface area contributed by atoms with Crippen LogP contribution in [0.25, 0.3) is 11.1 Å². The number of aryl methyl sites for hydroxylation is 1. The lowest BCUT2D eigenvalue weighted by Gasteiger charge is -2.22. The minimum Gasteiger partial charge on any atom is -0.496 e. The van der Waals surface area contributed by atoms with Crippen LogP contribution < -0.4 is 15.4 Å². The Morgan fingerprint density at radius 1 is 1.02 bits per heavy atom. The number of hydrogen-bond donors (Lipinski definition) is 3. The molecule has 3 rings (SSSR count). The highest BCUT2D eigenvalue weighted by Gasteiger charge is 2.27. The molecule has 0 aliphatic rings.